The van der Waals surface area contributed by atoms with E-state index in [1.807, 2.05) is 43.3 Å². The molecule has 1 amide bonds. The van der Waals surface area contributed by atoms with E-state index in [0.717, 1.165) is 18.5 Å². The molecule has 122 valence electrons. The Morgan fingerprint density at radius 3 is 2.61 bits per heavy atom. The van der Waals surface area contributed by atoms with Gasteiger partial charge < -0.3 is 14.6 Å². The number of pyridine rings is 1. The molecule has 0 spiro atoms. The monoisotopic (exact) mass is 314 g/mol. The highest BCUT2D eigenvalue weighted by Crippen LogP contribution is 2.07. The van der Waals surface area contributed by atoms with Crippen LogP contribution in [-0.4, -0.2) is 23.6 Å². The number of para-hydroxylation sites is 1. The van der Waals surface area contributed by atoms with Gasteiger partial charge in [0.1, 0.15) is 5.75 Å². The minimum Gasteiger partial charge on any atom is -0.484 e. The molecular formula is C18H22N2O3. The van der Waals surface area contributed by atoms with Crippen LogP contribution in [0.1, 0.15) is 18.5 Å². The standard InChI is InChI=1S/C18H22N2O3/c1-15-8-7-11-18(22)20(15)13-6-5-12-19-17(21)14-23-16-9-3-2-4-10-16/h2-4,7-11H,5-6,12-14H2,1H3,(H,19,21). The highest BCUT2D eigenvalue weighted by Gasteiger charge is 2.02. The van der Waals surface area contributed by atoms with Crippen molar-refractivity contribution >= 4 is 5.91 Å². The molecule has 0 aliphatic heterocycles. The van der Waals surface area contributed by atoms with Crippen molar-refractivity contribution in [2.24, 2.45) is 0 Å². The van der Waals surface area contributed by atoms with Gasteiger partial charge in [0.15, 0.2) is 6.61 Å². The number of rotatable bonds is 8. The van der Waals surface area contributed by atoms with Gasteiger partial charge in [-0.15, -0.1) is 0 Å². The average molecular weight is 314 g/mol. The molecule has 0 saturated heterocycles. The first-order valence-corrected chi connectivity index (χ1v) is 7.78. The Morgan fingerprint density at radius 1 is 1.09 bits per heavy atom. The summed E-state index contributed by atoms with van der Waals surface area (Å²) in [4.78, 5) is 23.4. The van der Waals surface area contributed by atoms with Crippen molar-refractivity contribution in [2.75, 3.05) is 13.2 Å². The predicted octanol–water partition coefficient (Wildman–Crippen LogP) is 2.13. The number of hydrogen-bond donors (Lipinski definition) is 1. The number of carbonyl (C=O) groups excluding carboxylic acids is 1. The molecule has 5 heteroatoms. The molecule has 1 aromatic heterocycles. The molecule has 0 aliphatic rings. The summed E-state index contributed by atoms with van der Waals surface area (Å²) in [5.41, 5.74) is 0.975. The number of nitrogens with zero attached hydrogens (tertiary/aromatic N) is 1. The van der Waals surface area contributed by atoms with Crippen LogP contribution in [0.15, 0.2) is 53.3 Å². The van der Waals surface area contributed by atoms with Gasteiger partial charge in [0, 0.05) is 24.8 Å². The Kier molecular flexibility index (Phi) is 6.41. The number of carbonyl (C=O) groups is 1. The van der Waals surface area contributed by atoms with Crippen molar-refractivity contribution in [1.29, 1.82) is 0 Å². The van der Waals surface area contributed by atoms with Gasteiger partial charge in [0.25, 0.3) is 11.5 Å². The molecule has 2 aromatic rings. The fraction of sp³-hybridized carbons (Fsp3) is 0.333. The molecule has 0 aliphatic carbocycles. The molecule has 23 heavy (non-hydrogen) atoms. The summed E-state index contributed by atoms with van der Waals surface area (Å²) in [6.07, 6.45) is 1.66. The largest absolute Gasteiger partial charge is 0.484 e. The maximum absolute atomic E-state index is 11.7. The lowest BCUT2D eigenvalue weighted by molar-refractivity contribution is -0.123. The van der Waals surface area contributed by atoms with Gasteiger partial charge in [-0.05, 0) is 38.0 Å². The Bertz CT molecular complexity index is 680. The molecule has 0 radical (unpaired) electrons. The van der Waals surface area contributed by atoms with E-state index in [4.69, 9.17) is 4.74 Å². The van der Waals surface area contributed by atoms with Crippen LogP contribution in [0.4, 0.5) is 0 Å². The zero-order valence-electron chi connectivity index (χ0n) is 13.3. The zero-order valence-corrected chi connectivity index (χ0v) is 13.3. The van der Waals surface area contributed by atoms with Crippen LogP contribution in [0.5, 0.6) is 5.75 Å². The van der Waals surface area contributed by atoms with Crippen molar-refractivity contribution < 1.29 is 9.53 Å². The smallest absolute Gasteiger partial charge is 0.257 e. The number of aryl methyl sites for hydroxylation is 1. The number of ether oxygens (including phenoxy) is 1. The van der Waals surface area contributed by atoms with Gasteiger partial charge >= 0.3 is 0 Å². The highest BCUT2D eigenvalue weighted by atomic mass is 16.5. The Morgan fingerprint density at radius 2 is 1.87 bits per heavy atom. The van der Waals surface area contributed by atoms with Crippen molar-refractivity contribution in [3.05, 3.63) is 64.6 Å². The van der Waals surface area contributed by atoms with E-state index < -0.39 is 0 Å². The lowest BCUT2D eigenvalue weighted by atomic mass is 10.2. The molecule has 0 atom stereocenters. The SMILES string of the molecule is Cc1cccc(=O)n1CCCCNC(=O)COc1ccccc1. The molecule has 1 heterocycles. The van der Waals surface area contributed by atoms with Crippen LogP contribution in [0.2, 0.25) is 0 Å². The first-order valence-electron chi connectivity index (χ1n) is 7.78. The summed E-state index contributed by atoms with van der Waals surface area (Å²) in [5.74, 6) is 0.545. The normalized spacial score (nSPS) is 10.3. The first-order chi connectivity index (χ1) is 11.2. The lowest BCUT2D eigenvalue weighted by Gasteiger charge is -2.10. The summed E-state index contributed by atoms with van der Waals surface area (Å²) in [7, 11) is 0. The topological polar surface area (TPSA) is 60.3 Å². The molecule has 0 fully saturated rings. The van der Waals surface area contributed by atoms with Gasteiger partial charge in [-0.25, -0.2) is 0 Å². The number of hydrogen-bond acceptors (Lipinski definition) is 3. The maximum atomic E-state index is 11.7. The lowest BCUT2D eigenvalue weighted by Crippen LogP contribution is -2.30. The van der Waals surface area contributed by atoms with E-state index in [2.05, 4.69) is 5.32 Å². The second-order valence-corrected chi connectivity index (χ2v) is 5.32. The average Bonchev–Trinajstić information content (AvgIpc) is 2.56. The summed E-state index contributed by atoms with van der Waals surface area (Å²) in [5, 5.41) is 2.82. The zero-order chi connectivity index (χ0) is 16.5. The minimum absolute atomic E-state index is 0.0151. The van der Waals surface area contributed by atoms with Crippen LogP contribution in [0.3, 0.4) is 0 Å². The molecular weight excluding hydrogens is 292 g/mol. The first kappa shape index (κ1) is 16.8. The second-order valence-electron chi connectivity index (χ2n) is 5.32. The number of nitrogens with one attached hydrogen (secondary N) is 1. The van der Waals surface area contributed by atoms with E-state index in [0.29, 0.717) is 18.8 Å². The van der Waals surface area contributed by atoms with E-state index in [9.17, 15) is 9.59 Å². The van der Waals surface area contributed by atoms with Crippen molar-refractivity contribution in [2.45, 2.75) is 26.3 Å². The Balaban J connectivity index is 1.62. The fourth-order valence-corrected chi connectivity index (χ4v) is 2.25. The van der Waals surface area contributed by atoms with Gasteiger partial charge in [-0.1, -0.05) is 24.3 Å². The van der Waals surface area contributed by atoms with Crippen molar-refractivity contribution in [1.82, 2.24) is 9.88 Å². The summed E-state index contributed by atoms with van der Waals surface area (Å²) >= 11 is 0. The Labute approximate surface area is 135 Å². The Hall–Kier alpha value is -2.56. The molecule has 0 unspecified atom stereocenters. The van der Waals surface area contributed by atoms with Crippen LogP contribution < -0.4 is 15.6 Å². The minimum atomic E-state index is -0.137. The third-order valence-electron chi connectivity index (χ3n) is 3.51. The second kappa shape index (κ2) is 8.78. The van der Waals surface area contributed by atoms with Gasteiger partial charge in [0.2, 0.25) is 0 Å². The predicted molar refractivity (Wildman–Crippen MR) is 89.6 cm³/mol. The van der Waals surface area contributed by atoms with E-state index in [1.165, 1.54) is 0 Å². The van der Waals surface area contributed by atoms with E-state index >= 15 is 0 Å². The molecule has 2 rings (SSSR count). The van der Waals surface area contributed by atoms with E-state index in [1.54, 1.807) is 16.7 Å². The quantitative estimate of drug-likeness (QED) is 0.759. The number of amides is 1. The third kappa shape index (κ3) is 5.62. The molecule has 1 N–H and O–H groups in total. The molecule has 5 nitrogen and oxygen atoms in total. The molecule has 0 saturated carbocycles. The molecule has 0 bridgehead atoms. The van der Waals surface area contributed by atoms with Crippen molar-refractivity contribution in [3.63, 3.8) is 0 Å². The van der Waals surface area contributed by atoms with Crippen LogP contribution in [-0.2, 0) is 11.3 Å². The fourth-order valence-electron chi connectivity index (χ4n) is 2.25. The van der Waals surface area contributed by atoms with Crippen molar-refractivity contribution in [3.8, 4) is 5.75 Å². The van der Waals surface area contributed by atoms with Gasteiger partial charge in [-0.2, -0.15) is 0 Å². The summed E-state index contributed by atoms with van der Waals surface area (Å²) in [6, 6.07) is 14.5. The summed E-state index contributed by atoms with van der Waals surface area (Å²) < 4.78 is 7.12. The van der Waals surface area contributed by atoms with Crippen LogP contribution >= 0.6 is 0 Å². The summed E-state index contributed by atoms with van der Waals surface area (Å²) in [6.45, 7) is 3.19. The number of aromatic nitrogens is 1. The van der Waals surface area contributed by atoms with Crippen LogP contribution in [0.25, 0.3) is 0 Å². The van der Waals surface area contributed by atoms with E-state index in [-0.39, 0.29) is 18.1 Å². The maximum Gasteiger partial charge on any atom is 0.257 e. The number of benzene rings is 1. The third-order valence-corrected chi connectivity index (χ3v) is 3.51. The van der Waals surface area contributed by atoms with Gasteiger partial charge in [-0.3, -0.25) is 9.59 Å². The highest BCUT2D eigenvalue weighted by molar-refractivity contribution is 5.77. The number of unbranched alkanes of at least 4 members (excludes halogenated alkanes) is 1. The van der Waals surface area contributed by atoms with Gasteiger partial charge in [0.05, 0.1) is 0 Å². The van der Waals surface area contributed by atoms with Crippen LogP contribution in [0, 0.1) is 6.92 Å². The molecule has 1 aromatic carbocycles.